The Morgan fingerprint density at radius 3 is 2.40 bits per heavy atom. The average Bonchev–Trinajstić information content (AvgIpc) is 2.74. The topological polar surface area (TPSA) is 116 Å². The van der Waals surface area contributed by atoms with Crippen LogP contribution in [-0.4, -0.2) is 43.9 Å². The van der Waals surface area contributed by atoms with E-state index in [0.717, 1.165) is 22.6 Å². The maximum Gasteiger partial charge on any atom is 0.180 e. The van der Waals surface area contributed by atoms with Crippen LogP contribution in [0.5, 0.6) is 17.2 Å². The number of hydrazine groups is 1. The van der Waals surface area contributed by atoms with Gasteiger partial charge in [-0.25, -0.2) is 5.84 Å². The molecule has 0 aliphatic carbocycles. The minimum atomic E-state index is 0.179. The normalized spacial score (nSPS) is 12.2. The highest BCUT2D eigenvalue weighted by Gasteiger charge is 2.10. The highest BCUT2D eigenvalue weighted by atomic mass is 16.5. The first-order valence-electron chi connectivity index (χ1n) is 9.47. The molecule has 2 aromatic rings. The number of hydrogen-bond donors (Lipinski definition) is 3. The quantitative estimate of drug-likeness (QED) is 0.250. The van der Waals surface area contributed by atoms with E-state index in [-0.39, 0.29) is 5.75 Å². The fraction of sp³-hybridized carbons (Fsp3) is 0.318. The van der Waals surface area contributed by atoms with Gasteiger partial charge >= 0.3 is 0 Å². The van der Waals surface area contributed by atoms with Crippen molar-refractivity contribution in [1.82, 2.24) is 5.01 Å². The van der Waals surface area contributed by atoms with E-state index in [1.165, 1.54) is 5.01 Å². The van der Waals surface area contributed by atoms with Gasteiger partial charge in [-0.2, -0.15) is 0 Å². The molecule has 0 atom stereocenters. The molecular weight excluding hydrogens is 384 g/mol. The molecule has 0 saturated heterocycles. The van der Waals surface area contributed by atoms with Crippen LogP contribution in [-0.2, 0) is 11.3 Å². The van der Waals surface area contributed by atoms with Crippen molar-refractivity contribution in [2.24, 2.45) is 16.6 Å². The van der Waals surface area contributed by atoms with E-state index in [4.69, 9.17) is 25.8 Å². The van der Waals surface area contributed by atoms with Gasteiger partial charge in [0.15, 0.2) is 5.90 Å². The summed E-state index contributed by atoms with van der Waals surface area (Å²) in [6, 6.07) is 12.2. The number of hydrogen-bond acceptors (Lipinski definition) is 8. The fourth-order valence-electron chi connectivity index (χ4n) is 2.83. The number of rotatable bonds is 9. The molecule has 2 rings (SSSR count). The number of ether oxygens (including phenoxy) is 3. The largest absolute Gasteiger partial charge is 0.508 e. The molecule has 0 fully saturated rings. The molecule has 0 aliphatic heterocycles. The highest BCUT2D eigenvalue weighted by molar-refractivity contribution is 5.73. The molecule has 0 aromatic heterocycles. The van der Waals surface area contributed by atoms with Crippen LogP contribution < -0.4 is 21.1 Å². The molecule has 0 amide bonds. The predicted molar refractivity (Wildman–Crippen MR) is 118 cm³/mol. The molecule has 0 saturated carbocycles. The Bertz CT molecular complexity index is 893. The molecule has 0 bridgehead atoms. The molecule has 8 nitrogen and oxygen atoms in total. The number of nitrogens with two attached hydrogens (primary N) is 2. The number of aliphatic imine (C=N–C) groups is 1. The number of nitrogens with zero attached hydrogens (tertiary/aromatic N) is 2. The molecule has 2 aromatic carbocycles. The van der Waals surface area contributed by atoms with Crippen LogP contribution in [0.2, 0.25) is 0 Å². The van der Waals surface area contributed by atoms with Crippen LogP contribution in [0, 0.1) is 0 Å². The zero-order chi connectivity index (χ0) is 22.1. The van der Waals surface area contributed by atoms with E-state index in [9.17, 15) is 5.11 Å². The van der Waals surface area contributed by atoms with Crippen LogP contribution in [0.4, 0.5) is 0 Å². The molecule has 0 radical (unpaired) electrons. The maximum atomic E-state index is 9.44. The lowest BCUT2D eigenvalue weighted by molar-refractivity contribution is 0.285. The lowest BCUT2D eigenvalue weighted by Crippen LogP contribution is -2.28. The Morgan fingerprint density at radius 2 is 1.80 bits per heavy atom. The van der Waals surface area contributed by atoms with Crippen LogP contribution >= 0.6 is 0 Å². The van der Waals surface area contributed by atoms with Crippen LogP contribution in [0.25, 0.3) is 5.70 Å². The van der Waals surface area contributed by atoms with Crippen LogP contribution in [0.3, 0.4) is 0 Å². The Hall–Kier alpha value is -3.39. The number of methoxy groups -OCH3 is 2. The van der Waals surface area contributed by atoms with Crippen molar-refractivity contribution in [2.45, 2.75) is 19.9 Å². The zero-order valence-electron chi connectivity index (χ0n) is 17.9. The van der Waals surface area contributed by atoms with Crippen molar-refractivity contribution in [1.29, 1.82) is 0 Å². The molecule has 0 aliphatic rings. The Labute approximate surface area is 177 Å². The summed E-state index contributed by atoms with van der Waals surface area (Å²) in [6.45, 7) is 2.59. The van der Waals surface area contributed by atoms with E-state index in [1.54, 1.807) is 52.5 Å². The Kier molecular flexibility index (Phi) is 8.37. The smallest absolute Gasteiger partial charge is 0.180 e. The zero-order valence-corrected chi connectivity index (χ0v) is 17.9. The van der Waals surface area contributed by atoms with Crippen molar-refractivity contribution in [2.75, 3.05) is 27.9 Å². The summed E-state index contributed by atoms with van der Waals surface area (Å²) in [7, 11) is 4.95. The standard InChI is InChI=1S/C22H30N4O4/c1-15(25-14-17-7-10-19(28-3)13-21(17)29-4)30-12-11-20(26(2)24)22(23)16-5-8-18(27)9-6-16/h5-10,13,27H,11-12,14,23-24H2,1-4H3/b22-20-,25-15?. The van der Waals surface area contributed by atoms with Gasteiger partial charge in [-0.3, -0.25) is 4.99 Å². The molecule has 8 heteroatoms. The summed E-state index contributed by atoms with van der Waals surface area (Å²) in [5.41, 5.74) is 9.23. The Balaban J connectivity index is 2.00. The summed E-state index contributed by atoms with van der Waals surface area (Å²) in [5, 5.41) is 10.9. The maximum absolute atomic E-state index is 9.44. The molecule has 0 unspecified atom stereocenters. The first-order chi connectivity index (χ1) is 14.3. The lowest BCUT2D eigenvalue weighted by atomic mass is 10.1. The average molecular weight is 415 g/mol. The summed E-state index contributed by atoms with van der Waals surface area (Å²) in [6.07, 6.45) is 0.498. The fourth-order valence-corrected chi connectivity index (χ4v) is 2.83. The van der Waals surface area contributed by atoms with Crippen molar-refractivity contribution >= 4 is 11.6 Å². The second-order valence-corrected chi connectivity index (χ2v) is 6.63. The van der Waals surface area contributed by atoms with Crippen molar-refractivity contribution < 1.29 is 19.3 Å². The molecule has 162 valence electrons. The first kappa shape index (κ1) is 22.9. The minimum Gasteiger partial charge on any atom is -0.508 e. The van der Waals surface area contributed by atoms with E-state index >= 15 is 0 Å². The lowest BCUT2D eigenvalue weighted by Gasteiger charge is -2.20. The van der Waals surface area contributed by atoms with Gasteiger partial charge in [0.2, 0.25) is 0 Å². The predicted octanol–water partition coefficient (Wildman–Crippen LogP) is 2.87. The van der Waals surface area contributed by atoms with Crippen molar-refractivity contribution in [3.05, 3.63) is 59.3 Å². The van der Waals surface area contributed by atoms with Gasteiger partial charge in [0.05, 0.1) is 38.8 Å². The summed E-state index contributed by atoms with van der Waals surface area (Å²) in [4.78, 5) is 4.47. The third-order valence-electron chi connectivity index (χ3n) is 4.53. The van der Waals surface area contributed by atoms with Gasteiger partial charge in [-0.05, 0) is 42.0 Å². The van der Waals surface area contributed by atoms with Gasteiger partial charge < -0.3 is 30.1 Å². The third kappa shape index (κ3) is 6.31. The molecule has 0 spiro atoms. The summed E-state index contributed by atoms with van der Waals surface area (Å²) >= 11 is 0. The van der Waals surface area contributed by atoms with Gasteiger partial charge in [0.1, 0.15) is 17.2 Å². The van der Waals surface area contributed by atoms with E-state index < -0.39 is 0 Å². The highest BCUT2D eigenvalue weighted by Crippen LogP contribution is 2.25. The monoisotopic (exact) mass is 414 g/mol. The third-order valence-corrected chi connectivity index (χ3v) is 4.53. The van der Waals surface area contributed by atoms with Gasteiger partial charge in [-0.15, -0.1) is 0 Å². The van der Waals surface area contributed by atoms with E-state index in [1.807, 2.05) is 18.2 Å². The number of phenolic OH excluding ortho intramolecular Hbond substituents is 1. The van der Waals surface area contributed by atoms with Crippen LogP contribution in [0.15, 0.2) is 53.2 Å². The SMILES string of the molecule is COc1ccc(CN=C(C)OCC/C(=C(/N)c2ccc(O)cc2)N(C)N)c(OC)c1. The number of aromatic hydroxyl groups is 1. The summed E-state index contributed by atoms with van der Waals surface area (Å²) < 4.78 is 16.3. The molecule has 30 heavy (non-hydrogen) atoms. The summed E-state index contributed by atoms with van der Waals surface area (Å²) in [5.74, 6) is 8.11. The first-order valence-corrected chi connectivity index (χ1v) is 9.47. The van der Waals surface area contributed by atoms with E-state index in [2.05, 4.69) is 4.99 Å². The van der Waals surface area contributed by atoms with Crippen molar-refractivity contribution in [3.8, 4) is 17.2 Å². The van der Waals surface area contributed by atoms with E-state index in [0.29, 0.717) is 36.9 Å². The Morgan fingerprint density at radius 1 is 1.10 bits per heavy atom. The van der Waals surface area contributed by atoms with Crippen molar-refractivity contribution in [3.63, 3.8) is 0 Å². The molecular formula is C22H30N4O4. The number of benzene rings is 2. The van der Waals surface area contributed by atoms with Gasteiger partial charge in [0, 0.05) is 32.0 Å². The minimum absolute atomic E-state index is 0.179. The molecule has 0 heterocycles. The second-order valence-electron chi connectivity index (χ2n) is 6.63. The van der Waals surface area contributed by atoms with Crippen LogP contribution in [0.1, 0.15) is 24.5 Å². The van der Waals surface area contributed by atoms with Gasteiger partial charge in [0.25, 0.3) is 0 Å². The second kappa shape index (κ2) is 11.0. The van der Waals surface area contributed by atoms with Gasteiger partial charge in [-0.1, -0.05) is 0 Å². The number of phenols is 1. The molecule has 5 N–H and O–H groups in total.